The summed E-state index contributed by atoms with van der Waals surface area (Å²) in [5.41, 5.74) is 5.05. The summed E-state index contributed by atoms with van der Waals surface area (Å²) in [5, 5.41) is 11.5. The maximum absolute atomic E-state index is 13.3. The second kappa shape index (κ2) is 7.88. The van der Waals surface area contributed by atoms with Gasteiger partial charge in [-0.05, 0) is 54.1 Å². The highest BCUT2D eigenvalue weighted by molar-refractivity contribution is 9.10. The van der Waals surface area contributed by atoms with Gasteiger partial charge in [0, 0.05) is 22.7 Å². The van der Waals surface area contributed by atoms with E-state index in [1.807, 2.05) is 42.7 Å². The first-order valence-corrected chi connectivity index (χ1v) is 10.4. The van der Waals surface area contributed by atoms with Gasteiger partial charge in [-0.3, -0.25) is 5.01 Å². The Morgan fingerprint density at radius 2 is 1.57 bits per heavy atom. The van der Waals surface area contributed by atoms with E-state index in [1.165, 1.54) is 12.1 Å². The molecule has 148 valence electrons. The molecule has 5 rings (SSSR count). The molecule has 0 saturated heterocycles. The molecule has 0 aliphatic carbocycles. The monoisotopic (exact) mass is 460 g/mol. The van der Waals surface area contributed by atoms with Crippen molar-refractivity contribution in [2.75, 3.05) is 5.01 Å². The first-order valence-electron chi connectivity index (χ1n) is 9.65. The minimum absolute atomic E-state index is 0.0237. The topological polar surface area (TPSA) is 33.4 Å². The van der Waals surface area contributed by atoms with Gasteiger partial charge in [-0.1, -0.05) is 46.3 Å². The largest absolute Gasteiger partial charge is 0.257 e. The van der Waals surface area contributed by atoms with Gasteiger partial charge in [-0.2, -0.15) is 10.2 Å². The molecule has 3 aromatic carbocycles. The predicted octanol–water partition coefficient (Wildman–Crippen LogP) is 6.13. The summed E-state index contributed by atoms with van der Waals surface area (Å²) in [4.78, 5) is 0. The van der Waals surface area contributed by atoms with E-state index in [1.54, 1.807) is 16.8 Å². The van der Waals surface area contributed by atoms with Gasteiger partial charge in [-0.15, -0.1) is 0 Å². The van der Waals surface area contributed by atoms with Crippen molar-refractivity contribution in [2.45, 2.75) is 12.5 Å². The summed E-state index contributed by atoms with van der Waals surface area (Å²) in [5.74, 6) is -0.260. The van der Waals surface area contributed by atoms with Crippen molar-refractivity contribution in [3.63, 3.8) is 0 Å². The van der Waals surface area contributed by atoms with Crippen LogP contribution in [-0.4, -0.2) is 15.5 Å². The third-order valence-corrected chi connectivity index (χ3v) is 5.72. The maximum Gasteiger partial charge on any atom is 0.123 e. The lowest BCUT2D eigenvalue weighted by molar-refractivity contribution is 0.627. The molecule has 6 heteroatoms. The molecule has 0 saturated carbocycles. The first-order chi connectivity index (χ1) is 14.7. The lowest BCUT2D eigenvalue weighted by Gasteiger charge is -2.22. The number of rotatable bonds is 4. The van der Waals surface area contributed by atoms with Crippen LogP contribution in [-0.2, 0) is 0 Å². The molecule has 0 bridgehead atoms. The van der Waals surface area contributed by atoms with Gasteiger partial charge in [0.1, 0.15) is 5.82 Å². The van der Waals surface area contributed by atoms with E-state index in [0.717, 1.165) is 39.1 Å². The van der Waals surface area contributed by atoms with E-state index in [2.05, 4.69) is 50.3 Å². The van der Waals surface area contributed by atoms with Crippen molar-refractivity contribution in [2.24, 2.45) is 5.10 Å². The summed E-state index contributed by atoms with van der Waals surface area (Å²) in [6.45, 7) is 0. The van der Waals surface area contributed by atoms with Gasteiger partial charge in [0.2, 0.25) is 0 Å². The Bertz CT molecular complexity index is 1180. The average molecular weight is 461 g/mol. The van der Waals surface area contributed by atoms with Crippen LogP contribution in [0.5, 0.6) is 0 Å². The van der Waals surface area contributed by atoms with E-state index >= 15 is 0 Å². The molecule has 4 nitrogen and oxygen atoms in total. The molecule has 1 aliphatic rings. The smallest absolute Gasteiger partial charge is 0.123 e. The number of halogens is 2. The van der Waals surface area contributed by atoms with Gasteiger partial charge in [0.25, 0.3) is 0 Å². The van der Waals surface area contributed by atoms with Crippen LogP contribution in [0.1, 0.15) is 23.6 Å². The number of hydrazone groups is 1. The first kappa shape index (κ1) is 18.8. The molecule has 1 aromatic heterocycles. The normalized spacial score (nSPS) is 16.0. The van der Waals surface area contributed by atoms with Crippen molar-refractivity contribution < 1.29 is 4.39 Å². The molecule has 0 radical (unpaired) electrons. The molecule has 1 unspecified atom stereocenters. The van der Waals surface area contributed by atoms with Crippen molar-refractivity contribution >= 4 is 27.3 Å². The van der Waals surface area contributed by atoms with Crippen molar-refractivity contribution in [3.05, 3.63) is 113 Å². The molecule has 2 heterocycles. The van der Waals surface area contributed by atoms with E-state index in [4.69, 9.17) is 5.10 Å². The standard InChI is InChI=1S/C24H18BrFN4/c25-19-6-10-22(11-7-19)30-24(14-23(28-30)17-4-2-1-3-5-17)18-15-27-29(16-18)21-12-8-20(26)9-13-21/h1-13,15-16,24H,14H2. The summed E-state index contributed by atoms with van der Waals surface area (Å²) >= 11 is 3.50. The molecule has 0 amide bonds. The fourth-order valence-electron chi connectivity index (χ4n) is 3.65. The van der Waals surface area contributed by atoms with E-state index in [-0.39, 0.29) is 11.9 Å². The van der Waals surface area contributed by atoms with Crippen LogP contribution in [0.3, 0.4) is 0 Å². The molecule has 1 atom stereocenters. The Kier molecular flexibility index (Phi) is 4.93. The van der Waals surface area contributed by atoms with Gasteiger partial charge >= 0.3 is 0 Å². The van der Waals surface area contributed by atoms with E-state index < -0.39 is 0 Å². The number of hydrogen-bond acceptors (Lipinski definition) is 3. The summed E-state index contributed by atoms with van der Waals surface area (Å²) < 4.78 is 16.1. The van der Waals surface area contributed by atoms with Crippen LogP contribution in [0.2, 0.25) is 0 Å². The highest BCUT2D eigenvalue weighted by Gasteiger charge is 2.31. The summed E-state index contributed by atoms with van der Waals surface area (Å²) in [6, 6.07) is 24.7. The highest BCUT2D eigenvalue weighted by atomic mass is 79.9. The minimum atomic E-state index is -0.260. The van der Waals surface area contributed by atoms with E-state index in [0.29, 0.717) is 0 Å². The lowest BCUT2D eigenvalue weighted by atomic mass is 10.0. The van der Waals surface area contributed by atoms with Crippen molar-refractivity contribution in [1.82, 2.24) is 9.78 Å². The van der Waals surface area contributed by atoms with Crippen LogP contribution in [0.4, 0.5) is 10.1 Å². The minimum Gasteiger partial charge on any atom is -0.257 e. The molecule has 0 N–H and O–H groups in total. The quantitative estimate of drug-likeness (QED) is 0.367. The molecular weight excluding hydrogens is 443 g/mol. The molecule has 0 spiro atoms. The average Bonchev–Trinajstić information content (AvgIpc) is 3.43. The third-order valence-electron chi connectivity index (χ3n) is 5.19. The second-order valence-corrected chi connectivity index (χ2v) is 8.06. The van der Waals surface area contributed by atoms with E-state index in [9.17, 15) is 4.39 Å². The Labute approximate surface area is 182 Å². The number of benzene rings is 3. The zero-order valence-corrected chi connectivity index (χ0v) is 17.6. The third kappa shape index (κ3) is 3.66. The zero-order chi connectivity index (χ0) is 20.5. The molecular formula is C24H18BrFN4. The predicted molar refractivity (Wildman–Crippen MR) is 120 cm³/mol. The van der Waals surface area contributed by atoms with Crippen LogP contribution < -0.4 is 5.01 Å². The van der Waals surface area contributed by atoms with Crippen molar-refractivity contribution in [3.8, 4) is 5.69 Å². The number of aromatic nitrogens is 2. The van der Waals surface area contributed by atoms with Crippen LogP contribution in [0.25, 0.3) is 5.69 Å². The second-order valence-electron chi connectivity index (χ2n) is 7.15. The number of nitrogens with zero attached hydrogens (tertiary/aromatic N) is 4. The molecule has 0 fully saturated rings. The van der Waals surface area contributed by atoms with Crippen LogP contribution in [0, 0.1) is 5.82 Å². The number of anilines is 1. The van der Waals surface area contributed by atoms with Gasteiger partial charge in [0.05, 0.1) is 29.3 Å². The maximum atomic E-state index is 13.3. The Morgan fingerprint density at radius 1 is 0.867 bits per heavy atom. The number of hydrogen-bond donors (Lipinski definition) is 0. The van der Waals surface area contributed by atoms with Gasteiger partial charge < -0.3 is 0 Å². The van der Waals surface area contributed by atoms with Gasteiger partial charge in [-0.25, -0.2) is 9.07 Å². The molecule has 4 aromatic rings. The van der Waals surface area contributed by atoms with Gasteiger partial charge in [0.15, 0.2) is 0 Å². The Morgan fingerprint density at radius 3 is 2.30 bits per heavy atom. The zero-order valence-electron chi connectivity index (χ0n) is 16.0. The van der Waals surface area contributed by atoms with Crippen molar-refractivity contribution in [1.29, 1.82) is 0 Å². The summed E-state index contributed by atoms with van der Waals surface area (Å²) in [6.07, 6.45) is 4.63. The highest BCUT2D eigenvalue weighted by Crippen LogP contribution is 2.37. The summed E-state index contributed by atoms with van der Waals surface area (Å²) in [7, 11) is 0. The lowest BCUT2D eigenvalue weighted by Crippen LogP contribution is -2.18. The molecule has 30 heavy (non-hydrogen) atoms. The Hall–Kier alpha value is -3.25. The SMILES string of the molecule is Fc1ccc(-n2cc(C3CC(c4ccccc4)=NN3c3ccc(Br)cc3)cn2)cc1. The Balaban J connectivity index is 1.51. The van der Waals surface area contributed by atoms with Crippen LogP contribution >= 0.6 is 15.9 Å². The fraction of sp³-hybridized carbons (Fsp3) is 0.0833. The molecule has 1 aliphatic heterocycles. The van der Waals surface area contributed by atoms with Crippen LogP contribution in [0.15, 0.2) is 101 Å². The fourth-order valence-corrected chi connectivity index (χ4v) is 3.92.